The van der Waals surface area contributed by atoms with E-state index in [2.05, 4.69) is 22.5 Å². The van der Waals surface area contributed by atoms with Crippen LogP contribution in [0.5, 0.6) is 0 Å². The van der Waals surface area contributed by atoms with Crippen molar-refractivity contribution in [3.8, 4) is 11.3 Å². The quantitative estimate of drug-likeness (QED) is 0.344. The molecule has 4 N–H and O–H groups in total. The highest BCUT2D eigenvalue weighted by Crippen LogP contribution is 2.33. The molecule has 4 aromatic rings. The standard InChI is InChI=1S/C30H28FN7O/c1-18-17-38(13-12-33-18)29(39)19-6-9-22(10-7-19)36-30-35-16-20-15-34-28(24-4-2-3-5-26(24)31)25-14-21(32)8-11-23(25)27(20)37-30/h2-11,14,16,18,33H,12-13,15,17,32H2,1H3,(H,35,36,37). The number of hydrogen-bond donors (Lipinski definition) is 3. The zero-order valence-corrected chi connectivity index (χ0v) is 21.5. The summed E-state index contributed by atoms with van der Waals surface area (Å²) in [6, 6.07) is 19.7. The summed E-state index contributed by atoms with van der Waals surface area (Å²) in [7, 11) is 0. The lowest BCUT2D eigenvalue weighted by Crippen LogP contribution is -2.51. The molecule has 0 radical (unpaired) electrons. The summed E-state index contributed by atoms with van der Waals surface area (Å²) in [5.41, 5.74) is 12.1. The number of benzene rings is 3. The first-order chi connectivity index (χ1) is 19.0. The first-order valence-corrected chi connectivity index (χ1v) is 12.9. The Morgan fingerprint density at radius 1 is 1.08 bits per heavy atom. The smallest absolute Gasteiger partial charge is 0.253 e. The van der Waals surface area contributed by atoms with Gasteiger partial charge in [-0.3, -0.25) is 9.79 Å². The Labute approximate surface area is 225 Å². The highest BCUT2D eigenvalue weighted by Gasteiger charge is 2.24. The van der Waals surface area contributed by atoms with Gasteiger partial charge in [-0.2, -0.15) is 0 Å². The molecule has 9 heteroatoms. The van der Waals surface area contributed by atoms with Crippen molar-refractivity contribution in [2.45, 2.75) is 19.5 Å². The summed E-state index contributed by atoms with van der Waals surface area (Å²) in [6.45, 7) is 4.56. The lowest BCUT2D eigenvalue weighted by Gasteiger charge is -2.32. The van der Waals surface area contributed by atoms with Crippen molar-refractivity contribution >= 4 is 28.9 Å². The molecule has 8 nitrogen and oxygen atoms in total. The fourth-order valence-corrected chi connectivity index (χ4v) is 5.04. The van der Waals surface area contributed by atoms with Gasteiger partial charge in [0.15, 0.2) is 0 Å². The zero-order valence-electron chi connectivity index (χ0n) is 21.5. The third-order valence-electron chi connectivity index (χ3n) is 7.00. The van der Waals surface area contributed by atoms with Gasteiger partial charge in [0.1, 0.15) is 5.82 Å². The van der Waals surface area contributed by atoms with Crippen molar-refractivity contribution in [2.24, 2.45) is 4.99 Å². The van der Waals surface area contributed by atoms with Crippen molar-refractivity contribution in [3.63, 3.8) is 0 Å². The number of carbonyl (C=O) groups is 1. The van der Waals surface area contributed by atoms with Gasteiger partial charge in [0.25, 0.3) is 5.91 Å². The molecule has 1 amide bonds. The van der Waals surface area contributed by atoms with Crippen LogP contribution in [0.15, 0.2) is 77.9 Å². The SMILES string of the molecule is CC1CN(C(=O)c2ccc(Nc3ncc4c(n3)-c3ccc(N)cc3C(c3ccccc3F)=NC4)cc2)CCN1. The molecular weight excluding hydrogens is 493 g/mol. The maximum Gasteiger partial charge on any atom is 0.253 e. The van der Waals surface area contributed by atoms with Crippen LogP contribution in [0.4, 0.5) is 21.7 Å². The van der Waals surface area contributed by atoms with Crippen LogP contribution >= 0.6 is 0 Å². The number of halogens is 1. The van der Waals surface area contributed by atoms with Gasteiger partial charge in [-0.1, -0.05) is 18.2 Å². The van der Waals surface area contributed by atoms with Gasteiger partial charge in [-0.15, -0.1) is 0 Å². The molecule has 2 aliphatic heterocycles. The summed E-state index contributed by atoms with van der Waals surface area (Å²) < 4.78 is 14.8. The van der Waals surface area contributed by atoms with Crippen molar-refractivity contribution in [1.29, 1.82) is 0 Å². The number of nitrogens with zero attached hydrogens (tertiary/aromatic N) is 4. The van der Waals surface area contributed by atoms with Gasteiger partial charge in [-0.25, -0.2) is 14.4 Å². The van der Waals surface area contributed by atoms with Crippen molar-refractivity contribution in [1.82, 2.24) is 20.2 Å². The van der Waals surface area contributed by atoms with Gasteiger partial charge in [0, 0.05) is 71.1 Å². The number of amides is 1. The maximum absolute atomic E-state index is 14.8. The van der Waals surface area contributed by atoms with Crippen LogP contribution in [0.3, 0.4) is 0 Å². The van der Waals surface area contributed by atoms with Gasteiger partial charge in [-0.05, 0) is 55.5 Å². The Bertz CT molecular complexity index is 1580. The molecule has 1 fully saturated rings. The minimum atomic E-state index is -0.350. The molecular formula is C30H28FN7O. The number of nitrogens with two attached hydrogens (primary N) is 1. The predicted octanol–water partition coefficient (Wildman–Crippen LogP) is 4.39. The van der Waals surface area contributed by atoms with E-state index in [-0.39, 0.29) is 17.8 Å². The van der Waals surface area contributed by atoms with E-state index in [1.807, 2.05) is 35.2 Å². The molecule has 0 saturated carbocycles. The third kappa shape index (κ3) is 4.96. The van der Waals surface area contributed by atoms with Crippen LogP contribution in [-0.4, -0.2) is 52.2 Å². The highest BCUT2D eigenvalue weighted by molar-refractivity contribution is 6.17. The minimum absolute atomic E-state index is 0.0257. The Morgan fingerprint density at radius 2 is 1.90 bits per heavy atom. The molecule has 2 aliphatic rings. The number of piperazine rings is 1. The van der Waals surface area contributed by atoms with E-state index in [4.69, 9.17) is 15.7 Å². The summed E-state index contributed by atoms with van der Waals surface area (Å²) in [5.74, 6) is 0.0796. The van der Waals surface area contributed by atoms with Crippen LogP contribution in [0, 0.1) is 5.82 Å². The summed E-state index contributed by atoms with van der Waals surface area (Å²) in [6.07, 6.45) is 1.74. The lowest BCUT2D eigenvalue weighted by atomic mass is 9.94. The third-order valence-corrected chi connectivity index (χ3v) is 7.00. The second-order valence-corrected chi connectivity index (χ2v) is 9.83. The van der Waals surface area contributed by atoms with E-state index in [0.29, 0.717) is 59.4 Å². The fraction of sp³-hybridized carbons (Fsp3) is 0.200. The summed E-state index contributed by atoms with van der Waals surface area (Å²) in [5, 5.41) is 6.60. The minimum Gasteiger partial charge on any atom is -0.399 e. The van der Waals surface area contributed by atoms with Crippen LogP contribution in [-0.2, 0) is 6.54 Å². The molecule has 1 unspecified atom stereocenters. The lowest BCUT2D eigenvalue weighted by molar-refractivity contribution is 0.0709. The van der Waals surface area contributed by atoms with Gasteiger partial charge < -0.3 is 21.3 Å². The highest BCUT2D eigenvalue weighted by atomic mass is 19.1. The number of carbonyl (C=O) groups excluding carboxylic acids is 1. The van der Waals surface area contributed by atoms with Crippen LogP contribution in [0.2, 0.25) is 0 Å². The fourth-order valence-electron chi connectivity index (χ4n) is 5.04. The second-order valence-electron chi connectivity index (χ2n) is 9.83. The van der Waals surface area contributed by atoms with Crippen molar-refractivity contribution in [3.05, 3.63) is 101 Å². The number of nitrogens with one attached hydrogen (secondary N) is 2. The van der Waals surface area contributed by atoms with Crippen LogP contribution < -0.4 is 16.4 Å². The van der Waals surface area contributed by atoms with Crippen molar-refractivity contribution < 1.29 is 9.18 Å². The Balaban J connectivity index is 1.28. The monoisotopic (exact) mass is 521 g/mol. The number of aromatic nitrogens is 2. The molecule has 1 atom stereocenters. The second kappa shape index (κ2) is 10.3. The van der Waals surface area contributed by atoms with Gasteiger partial charge in [0.05, 0.1) is 18.0 Å². The molecule has 0 aliphatic carbocycles. The van der Waals surface area contributed by atoms with E-state index in [1.165, 1.54) is 6.07 Å². The predicted molar refractivity (Wildman–Crippen MR) is 151 cm³/mol. The number of anilines is 3. The number of hydrogen-bond acceptors (Lipinski definition) is 7. The van der Waals surface area contributed by atoms with E-state index < -0.39 is 0 Å². The van der Waals surface area contributed by atoms with E-state index in [1.54, 1.807) is 36.5 Å². The number of rotatable bonds is 4. The molecule has 6 rings (SSSR count). The van der Waals surface area contributed by atoms with Gasteiger partial charge in [0.2, 0.25) is 5.95 Å². The van der Waals surface area contributed by atoms with E-state index >= 15 is 0 Å². The number of aliphatic imine (C=N–C) groups is 1. The van der Waals surface area contributed by atoms with Crippen LogP contribution in [0.25, 0.3) is 11.3 Å². The zero-order chi connectivity index (χ0) is 26.9. The molecule has 0 spiro atoms. The molecule has 39 heavy (non-hydrogen) atoms. The Kier molecular flexibility index (Phi) is 6.50. The summed E-state index contributed by atoms with van der Waals surface area (Å²) >= 11 is 0. The number of fused-ring (bicyclic) bond motifs is 3. The van der Waals surface area contributed by atoms with E-state index in [0.717, 1.165) is 23.4 Å². The number of nitrogen functional groups attached to an aromatic ring is 1. The Hall–Kier alpha value is -4.63. The topological polar surface area (TPSA) is 109 Å². The van der Waals surface area contributed by atoms with Crippen molar-refractivity contribution in [2.75, 3.05) is 30.7 Å². The summed E-state index contributed by atoms with van der Waals surface area (Å²) in [4.78, 5) is 28.8. The Morgan fingerprint density at radius 3 is 2.69 bits per heavy atom. The molecule has 1 saturated heterocycles. The maximum atomic E-state index is 14.8. The largest absolute Gasteiger partial charge is 0.399 e. The average Bonchev–Trinajstić information content (AvgIpc) is 3.10. The average molecular weight is 522 g/mol. The van der Waals surface area contributed by atoms with Gasteiger partial charge >= 0.3 is 0 Å². The normalized spacial score (nSPS) is 16.5. The molecule has 0 bridgehead atoms. The molecule has 3 heterocycles. The molecule has 1 aromatic heterocycles. The first kappa shape index (κ1) is 24.7. The first-order valence-electron chi connectivity index (χ1n) is 12.9. The van der Waals surface area contributed by atoms with E-state index in [9.17, 15) is 9.18 Å². The van der Waals surface area contributed by atoms with Crippen LogP contribution in [0.1, 0.15) is 34.0 Å². The molecule has 196 valence electrons. The molecule has 3 aromatic carbocycles.